The van der Waals surface area contributed by atoms with E-state index in [-0.39, 0.29) is 24.9 Å². The van der Waals surface area contributed by atoms with Crippen LogP contribution in [0.3, 0.4) is 0 Å². The fraction of sp³-hybridized carbons (Fsp3) is 0.0870. The van der Waals surface area contributed by atoms with Crippen LogP contribution in [0.15, 0.2) is 72.8 Å². The number of hydrogen-bond acceptors (Lipinski definition) is 3. The summed E-state index contributed by atoms with van der Waals surface area (Å²) < 4.78 is 1.77. The van der Waals surface area contributed by atoms with Gasteiger partial charge in [0.15, 0.2) is 0 Å². The highest BCUT2D eigenvalue weighted by Gasteiger charge is 2.16. The number of rotatable bonds is 6. The first-order chi connectivity index (χ1) is 15.0. The van der Waals surface area contributed by atoms with Crippen molar-refractivity contribution in [3.63, 3.8) is 0 Å². The first kappa shape index (κ1) is 20.9. The fourth-order valence-corrected chi connectivity index (χ4v) is 3.64. The van der Waals surface area contributed by atoms with E-state index in [1.165, 1.54) is 0 Å². The van der Waals surface area contributed by atoms with Crippen LogP contribution >= 0.6 is 23.2 Å². The molecule has 156 valence electrons. The van der Waals surface area contributed by atoms with Crippen molar-refractivity contribution in [2.45, 2.75) is 13.1 Å². The minimum atomic E-state index is -0.315. The van der Waals surface area contributed by atoms with Crippen LogP contribution in [0, 0.1) is 0 Å². The zero-order chi connectivity index (χ0) is 21.8. The number of aromatic nitrogens is 2. The number of nitrogens with one attached hydrogen (secondary N) is 2. The number of para-hydroxylation sites is 3. The lowest BCUT2D eigenvalue weighted by Crippen LogP contribution is -2.27. The second kappa shape index (κ2) is 9.20. The highest BCUT2D eigenvalue weighted by molar-refractivity contribution is 6.34. The molecule has 1 heterocycles. The topological polar surface area (TPSA) is 76.0 Å². The van der Waals surface area contributed by atoms with Gasteiger partial charge >= 0.3 is 0 Å². The second-order valence-corrected chi connectivity index (χ2v) is 7.61. The molecular weight excluding hydrogens is 435 g/mol. The maximum absolute atomic E-state index is 12.7. The Kier molecular flexibility index (Phi) is 6.21. The maximum Gasteiger partial charge on any atom is 0.253 e. The van der Waals surface area contributed by atoms with Gasteiger partial charge in [-0.3, -0.25) is 9.59 Å². The van der Waals surface area contributed by atoms with Gasteiger partial charge in [-0.1, -0.05) is 59.6 Å². The molecule has 4 aromatic rings. The molecule has 31 heavy (non-hydrogen) atoms. The van der Waals surface area contributed by atoms with Gasteiger partial charge in [0.2, 0.25) is 5.91 Å². The van der Waals surface area contributed by atoms with E-state index in [9.17, 15) is 9.59 Å². The van der Waals surface area contributed by atoms with Gasteiger partial charge in [0.1, 0.15) is 12.4 Å². The smallest absolute Gasteiger partial charge is 0.253 e. The number of carbonyl (C=O) groups excluding carboxylic acids is 2. The normalized spacial score (nSPS) is 10.8. The third-order valence-electron chi connectivity index (χ3n) is 4.71. The van der Waals surface area contributed by atoms with E-state index in [2.05, 4.69) is 15.6 Å². The lowest BCUT2D eigenvalue weighted by atomic mass is 10.2. The zero-order valence-electron chi connectivity index (χ0n) is 16.3. The molecule has 0 atom stereocenters. The van der Waals surface area contributed by atoms with Crippen molar-refractivity contribution in [1.82, 2.24) is 14.9 Å². The zero-order valence-corrected chi connectivity index (χ0v) is 17.8. The molecule has 0 spiro atoms. The van der Waals surface area contributed by atoms with Crippen LogP contribution in [0.4, 0.5) is 5.69 Å². The molecular formula is C23H18Cl2N4O2. The minimum Gasteiger partial charge on any atom is -0.345 e. The van der Waals surface area contributed by atoms with E-state index < -0.39 is 0 Å². The lowest BCUT2D eigenvalue weighted by Gasteiger charge is -2.12. The van der Waals surface area contributed by atoms with Crippen LogP contribution in [0.5, 0.6) is 0 Å². The molecule has 2 amide bonds. The molecule has 0 saturated heterocycles. The average Bonchev–Trinajstić information content (AvgIpc) is 3.11. The molecule has 6 nitrogen and oxygen atoms in total. The molecule has 0 unspecified atom stereocenters. The Morgan fingerprint density at radius 1 is 0.871 bits per heavy atom. The molecule has 3 aromatic carbocycles. The number of nitrogens with zero attached hydrogens (tertiary/aromatic N) is 2. The summed E-state index contributed by atoms with van der Waals surface area (Å²) in [5.74, 6) is -0.0180. The van der Waals surface area contributed by atoms with Crippen molar-refractivity contribution in [2.75, 3.05) is 5.32 Å². The second-order valence-electron chi connectivity index (χ2n) is 6.79. The fourth-order valence-electron chi connectivity index (χ4n) is 3.23. The van der Waals surface area contributed by atoms with Crippen molar-refractivity contribution in [3.05, 3.63) is 94.2 Å². The molecule has 0 bridgehead atoms. The maximum atomic E-state index is 12.7. The van der Waals surface area contributed by atoms with Crippen LogP contribution in [0.25, 0.3) is 11.0 Å². The van der Waals surface area contributed by atoms with Crippen LogP contribution in [0.2, 0.25) is 10.0 Å². The number of amides is 2. The molecule has 2 N–H and O–H groups in total. The Morgan fingerprint density at radius 2 is 1.55 bits per heavy atom. The molecule has 8 heteroatoms. The van der Waals surface area contributed by atoms with Crippen LogP contribution in [-0.4, -0.2) is 21.4 Å². The van der Waals surface area contributed by atoms with Gasteiger partial charge in [-0.25, -0.2) is 4.98 Å². The summed E-state index contributed by atoms with van der Waals surface area (Å²) in [6, 6.07) is 21.3. The van der Waals surface area contributed by atoms with E-state index in [0.29, 0.717) is 27.1 Å². The summed E-state index contributed by atoms with van der Waals surface area (Å²) in [5.41, 5.74) is 2.43. The molecule has 0 aliphatic rings. The van der Waals surface area contributed by atoms with Crippen molar-refractivity contribution in [3.8, 4) is 0 Å². The van der Waals surface area contributed by atoms with E-state index in [4.69, 9.17) is 23.2 Å². The third-order valence-corrected chi connectivity index (χ3v) is 5.37. The molecule has 0 radical (unpaired) electrons. The molecule has 0 aliphatic carbocycles. The number of imidazole rings is 1. The van der Waals surface area contributed by atoms with Crippen LogP contribution in [-0.2, 0) is 17.9 Å². The largest absolute Gasteiger partial charge is 0.345 e. The number of carbonyl (C=O) groups is 2. The predicted molar refractivity (Wildman–Crippen MR) is 122 cm³/mol. The Morgan fingerprint density at radius 3 is 2.32 bits per heavy atom. The first-order valence-corrected chi connectivity index (χ1v) is 10.3. The quantitative estimate of drug-likeness (QED) is 0.436. The molecule has 4 rings (SSSR count). The first-order valence-electron chi connectivity index (χ1n) is 9.54. The van der Waals surface area contributed by atoms with Gasteiger partial charge in [-0.2, -0.15) is 0 Å². The van der Waals surface area contributed by atoms with Crippen molar-refractivity contribution < 1.29 is 9.59 Å². The monoisotopic (exact) mass is 452 g/mol. The van der Waals surface area contributed by atoms with Gasteiger partial charge in [0, 0.05) is 0 Å². The summed E-state index contributed by atoms with van der Waals surface area (Å²) in [6.07, 6.45) is 0. The average molecular weight is 453 g/mol. The number of anilines is 1. The van der Waals surface area contributed by atoms with Gasteiger partial charge in [-0.05, 0) is 36.4 Å². The molecule has 0 fully saturated rings. The van der Waals surface area contributed by atoms with Crippen molar-refractivity contribution >= 4 is 51.7 Å². The predicted octanol–water partition coefficient (Wildman–Crippen LogP) is 4.91. The highest BCUT2D eigenvalue weighted by atomic mass is 35.5. The molecule has 1 aromatic heterocycles. The Hall–Kier alpha value is -3.35. The van der Waals surface area contributed by atoms with Crippen molar-refractivity contribution in [2.24, 2.45) is 0 Å². The number of fused-ring (bicyclic) bond motifs is 1. The Balaban J connectivity index is 1.56. The minimum absolute atomic E-state index is 0.0169. The Bertz CT molecular complexity index is 1270. The van der Waals surface area contributed by atoms with Crippen LogP contribution in [0.1, 0.15) is 16.2 Å². The molecule has 0 saturated carbocycles. The highest BCUT2D eigenvalue weighted by Crippen LogP contribution is 2.21. The van der Waals surface area contributed by atoms with E-state index >= 15 is 0 Å². The van der Waals surface area contributed by atoms with Crippen molar-refractivity contribution in [1.29, 1.82) is 0 Å². The van der Waals surface area contributed by atoms with E-state index in [1.807, 2.05) is 24.3 Å². The number of hydrogen-bond donors (Lipinski definition) is 2. The number of halogens is 2. The van der Waals surface area contributed by atoms with Gasteiger partial charge in [0.25, 0.3) is 5.91 Å². The van der Waals surface area contributed by atoms with Crippen LogP contribution < -0.4 is 10.6 Å². The molecule has 0 aliphatic heterocycles. The number of benzene rings is 3. The van der Waals surface area contributed by atoms with E-state index in [1.54, 1.807) is 53.1 Å². The van der Waals surface area contributed by atoms with E-state index in [0.717, 1.165) is 11.0 Å². The summed E-state index contributed by atoms with van der Waals surface area (Å²) >= 11 is 12.2. The summed E-state index contributed by atoms with van der Waals surface area (Å²) in [5, 5.41) is 6.47. The summed E-state index contributed by atoms with van der Waals surface area (Å²) in [6.45, 7) is 0.154. The third kappa shape index (κ3) is 4.71. The van der Waals surface area contributed by atoms with Gasteiger partial charge in [0.05, 0.1) is 38.9 Å². The summed E-state index contributed by atoms with van der Waals surface area (Å²) in [7, 11) is 0. The Labute approximate surface area is 188 Å². The lowest BCUT2D eigenvalue weighted by molar-refractivity contribution is -0.116. The standard InChI is InChI=1S/C23H18Cl2N4O2/c24-16-8-2-1-7-15(16)23(31)26-13-21-27-19-11-5-6-12-20(19)29(21)14-22(30)28-18-10-4-3-9-17(18)25/h1-12H,13-14H2,(H,26,31)(H,28,30). The van der Waals surface area contributed by atoms with Gasteiger partial charge in [-0.15, -0.1) is 0 Å². The SMILES string of the molecule is O=C(Cn1c(CNC(=O)c2ccccc2Cl)nc2ccccc21)Nc1ccccc1Cl. The summed E-state index contributed by atoms with van der Waals surface area (Å²) in [4.78, 5) is 29.8. The van der Waals surface area contributed by atoms with Gasteiger partial charge < -0.3 is 15.2 Å².